The van der Waals surface area contributed by atoms with Gasteiger partial charge in [-0.1, -0.05) is 19.9 Å². The lowest BCUT2D eigenvalue weighted by atomic mass is 9.65. The minimum Gasteiger partial charge on any atom is -0.481 e. The van der Waals surface area contributed by atoms with Gasteiger partial charge in [-0.05, 0) is 61.3 Å². The first-order chi connectivity index (χ1) is 17.0. The second-order valence-electron chi connectivity index (χ2n) is 11.0. The molecule has 2 aromatic heterocycles. The number of hydrogen-bond donors (Lipinski definition) is 1. The van der Waals surface area contributed by atoms with E-state index in [2.05, 4.69) is 4.98 Å². The second-order valence-corrected chi connectivity index (χ2v) is 11.0. The fourth-order valence-corrected chi connectivity index (χ4v) is 6.14. The van der Waals surface area contributed by atoms with Crippen molar-refractivity contribution in [2.45, 2.75) is 59.5 Å². The molecule has 36 heavy (non-hydrogen) atoms. The molecule has 5 rings (SSSR count). The third kappa shape index (κ3) is 3.78. The number of rotatable bonds is 5. The van der Waals surface area contributed by atoms with Gasteiger partial charge in [-0.2, -0.15) is 0 Å². The Morgan fingerprint density at radius 3 is 2.67 bits per heavy atom. The predicted molar refractivity (Wildman–Crippen MR) is 131 cm³/mol. The van der Waals surface area contributed by atoms with Crippen molar-refractivity contribution < 1.29 is 23.5 Å². The summed E-state index contributed by atoms with van der Waals surface area (Å²) in [4.78, 5) is 31.8. The summed E-state index contributed by atoms with van der Waals surface area (Å²) in [6.07, 6.45) is 3.91. The minimum absolute atomic E-state index is 0.00564. The molecule has 3 heterocycles. The molecule has 1 aromatic carbocycles. The summed E-state index contributed by atoms with van der Waals surface area (Å²) in [5.41, 5.74) is 1.72. The molecule has 2 aliphatic rings. The number of fused-ring (bicyclic) bond motifs is 3. The van der Waals surface area contributed by atoms with Crippen molar-refractivity contribution in [1.29, 1.82) is 0 Å². The minimum atomic E-state index is -0.857. The fraction of sp³-hybridized carbons (Fsp3) is 0.464. The van der Waals surface area contributed by atoms with Gasteiger partial charge in [0.25, 0.3) is 0 Å². The average molecular weight is 496 g/mol. The van der Waals surface area contributed by atoms with Crippen LogP contribution in [0.3, 0.4) is 0 Å². The molecule has 190 valence electrons. The van der Waals surface area contributed by atoms with E-state index in [1.54, 1.807) is 13.1 Å². The molecule has 0 spiro atoms. The van der Waals surface area contributed by atoms with Gasteiger partial charge in [0.15, 0.2) is 0 Å². The third-order valence-corrected chi connectivity index (χ3v) is 9.04. The number of carbonyl (C=O) groups is 2. The highest BCUT2D eigenvalue weighted by molar-refractivity contribution is 5.84. The van der Waals surface area contributed by atoms with Crippen molar-refractivity contribution in [3.8, 4) is 0 Å². The van der Waals surface area contributed by atoms with Crippen LogP contribution in [0.15, 0.2) is 36.5 Å². The largest absolute Gasteiger partial charge is 0.481 e. The van der Waals surface area contributed by atoms with Crippen LogP contribution < -0.4 is 0 Å². The van der Waals surface area contributed by atoms with Crippen LogP contribution in [0, 0.1) is 28.4 Å². The van der Waals surface area contributed by atoms with Crippen LogP contribution in [0.25, 0.3) is 11.0 Å². The van der Waals surface area contributed by atoms with Gasteiger partial charge in [0, 0.05) is 41.9 Å². The molecule has 2 atom stereocenters. The van der Waals surface area contributed by atoms with Crippen molar-refractivity contribution in [1.82, 2.24) is 14.5 Å². The van der Waals surface area contributed by atoms with Gasteiger partial charge in [-0.3, -0.25) is 9.59 Å². The monoisotopic (exact) mass is 495 g/mol. The van der Waals surface area contributed by atoms with E-state index in [-0.39, 0.29) is 18.4 Å². The molecule has 3 aromatic rings. The van der Waals surface area contributed by atoms with Gasteiger partial charge in [0.2, 0.25) is 5.91 Å². The number of aromatic nitrogens is 2. The molecule has 0 unspecified atom stereocenters. The van der Waals surface area contributed by atoms with Crippen molar-refractivity contribution >= 4 is 22.9 Å². The van der Waals surface area contributed by atoms with Crippen LogP contribution in [0.1, 0.15) is 56.9 Å². The second kappa shape index (κ2) is 8.68. The first kappa shape index (κ1) is 24.4. The number of carboxylic acid groups (broad SMARTS) is 1. The van der Waals surface area contributed by atoms with Crippen molar-refractivity contribution in [2.24, 2.45) is 16.7 Å². The predicted octanol–water partition coefficient (Wildman–Crippen LogP) is 5.16. The van der Waals surface area contributed by atoms with Crippen LogP contribution in [-0.2, 0) is 29.1 Å². The number of nitrogens with zero attached hydrogens (tertiary/aromatic N) is 3. The molecule has 1 amide bonds. The van der Waals surface area contributed by atoms with Crippen LogP contribution >= 0.6 is 0 Å². The number of benzene rings is 1. The standard InChI is InChI=1S/C28H31F2N3O3/c1-27(2)18(8-10-28(27,3)26(35)36)13-24(34)32-12-9-20-21-5-4-11-31-25(21)33(23(20)16-32)15-17-6-7-19(29)14-22(17)30/h4-7,11,14,18H,8-10,12-13,15-16H2,1-3H3,(H,35,36)/t18-,28+/m1/s1. The van der Waals surface area contributed by atoms with E-state index in [9.17, 15) is 23.5 Å². The summed E-state index contributed by atoms with van der Waals surface area (Å²) in [5.74, 6) is -2.07. The Morgan fingerprint density at radius 2 is 1.97 bits per heavy atom. The molecule has 1 fully saturated rings. The summed E-state index contributed by atoms with van der Waals surface area (Å²) in [6, 6.07) is 7.42. The molecule has 0 saturated heterocycles. The summed E-state index contributed by atoms with van der Waals surface area (Å²) < 4.78 is 29.9. The summed E-state index contributed by atoms with van der Waals surface area (Å²) in [6.45, 7) is 6.82. The van der Waals surface area contributed by atoms with Crippen molar-refractivity contribution in [3.63, 3.8) is 0 Å². The van der Waals surface area contributed by atoms with Crippen LogP contribution in [0.2, 0.25) is 0 Å². The zero-order valence-corrected chi connectivity index (χ0v) is 20.9. The Hall–Kier alpha value is -3.29. The Bertz CT molecular complexity index is 1370. The van der Waals surface area contributed by atoms with Crippen molar-refractivity contribution in [2.75, 3.05) is 6.54 Å². The lowest BCUT2D eigenvalue weighted by Gasteiger charge is -2.39. The highest BCUT2D eigenvalue weighted by Gasteiger charge is 2.56. The van der Waals surface area contributed by atoms with E-state index in [0.717, 1.165) is 28.4 Å². The number of carbonyl (C=O) groups excluding carboxylic acids is 1. The van der Waals surface area contributed by atoms with Gasteiger partial charge in [-0.15, -0.1) is 0 Å². The number of aliphatic carboxylic acids is 1. The maximum atomic E-state index is 14.5. The van der Waals surface area contributed by atoms with Crippen molar-refractivity contribution in [3.05, 3.63) is 65.0 Å². The normalized spacial score (nSPS) is 23.1. The number of carboxylic acids is 1. The zero-order valence-electron chi connectivity index (χ0n) is 20.9. The quantitative estimate of drug-likeness (QED) is 0.530. The van der Waals surface area contributed by atoms with Crippen LogP contribution in [-0.4, -0.2) is 38.0 Å². The maximum absolute atomic E-state index is 14.5. The van der Waals surface area contributed by atoms with E-state index in [1.807, 2.05) is 35.4 Å². The number of amides is 1. The van der Waals surface area contributed by atoms with Gasteiger partial charge in [-0.25, -0.2) is 13.8 Å². The van der Waals surface area contributed by atoms with Gasteiger partial charge in [0.05, 0.1) is 18.5 Å². The van der Waals surface area contributed by atoms with E-state index in [1.165, 1.54) is 12.1 Å². The Morgan fingerprint density at radius 1 is 1.19 bits per heavy atom. The van der Waals surface area contributed by atoms with Crippen LogP contribution in [0.4, 0.5) is 8.78 Å². The zero-order chi connectivity index (χ0) is 25.8. The summed E-state index contributed by atoms with van der Waals surface area (Å²) in [7, 11) is 0. The topological polar surface area (TPSA) is 75.4 Å². The number of halogens is 2. The lowest BCUT2D eigenvalue weighted by Crippen LogP contribution is -2.43. The van der Waals surface area contributed by atoms with E-state index in [4.69, 9.17) is 0 Å². The maximum Gasteiger partial charge on any atom is 0.309 e. The molecular formula is C28H31F2N3O3. The molecule has 1 saturated carbocycles. The Labute approximate surface area is 208 Å². The third-order valence-electron chi connectivity index (χ3n) is 9.04. The summed E-state index contributed by atoms with van der Waals surface area (Å²) in [5, 5.41) is 10.8. The fourth-order valence-electron chi connectivity index (χ4n) is 6.14. The molecule has 1 aliphatic heterocycles. The number of pyridine rings is 1. The molecule has 0 bridgehead atoms. The van der Waals surface area contributed by atoms with Gasteiger partial charge < -0.3 is 14.6 Å². The smallest absolute Gasteiger partial charge is 0.309 e. The lowest BCUT2D eigenvalue weighted by molar-refractivity contribution is -0.155. The van der Waals surface area contributed by atoms with E-state index in [0.29, 0.717) is 44.3 Å². The molecule has 1 aliphatic carbocycles. The van der Waals surface area contributed by atoms with Gasteiger partial charge in [0.1, 0.15) is 17.3 Å². The highest BCUT2D eigenvalue weighted by atomic mass is 19.1. The molecular weight excluding hydrogens is 464 g/mol. The first-order valence-electron chi connectivity index (χ1n) is 12.4. The highest BCUT2D eigenvalue weighted by Crippen LogP contribution is 2.57. The SMILES string of the molecule is CC1(C)[C@@H](CC(=O)N2CCc3c(n(Cc4ccc(F)cc4F)c4ncccc34)C2)CC[C@@]1(C)C(=O)O. The van der Waals surface area contributed by atoms with E-state index < -0.39 is 28.4 Å². The number of hydrogen-bond acceptors (Lipinski definition) is 3. The molecule has 8 heteroatoms. The van der Waals surface area contributed by atoms with Crippen LogP contribution in [0.5, 0.6) is 0 Å². The average Bonchev–Trinajstić information content (AvgIpc) is 3.27. The van der Waals surface area contributed by atoms with E-state index >= 15 is 0 Å². The Balaban J connectivity index is 1.43. The molecule has 1 N–H and O–H groups in total. The molecule has 6 nitrogen and oxygen atoms in total. The Kier molecular flexibility index (Phi) is 5.88. The molecule has 0 radical (unpaired) electrons. The van der Waals surface area contributed by atoms with Gasteiger partial charge >= 0.3 is 5.97 Å². The summed E-state index contributed by atoms with van der Waals surface area (Å²) >= 11 is 0. The first-order valence-corrected chi connectivity index (χ1v) is 12.4.